The van der Waals surface area contributed by atoms with Crippen molar-refractivity contribution in [3.63, 3.8) is 0 Å². The van der Waals surface area contributed by atoms with E-state index < -0.39 is 5.79 Å². The first-order valence-electron chi connectivity index (χ1n) is 6.53. The van der Waals surface area contributed by atoms with Gasteiger partial charge in [0.15, 0.2) is 11.9 Å². The van der Waals surface area contributed by atoms with Crippen LogP contribution in [0.4, 0.5) is 0 Å². The number of nitrogens with zero attached hydrogens (tertiary/aromatic N) is 2. The molecule has 1 aromatic carbocycles. The van der Waals surface area contributed by atoms with Gasteiger partial charge in [0, 0.05) is 10.6 Å². The summed E-state index contributed by atoms with van der Waals surface area (Å²) in [6.45, 7) is 3.92. The van der Waals surface area contributed by atoms with Crippen LogP contribution in [-0.2, 0) is 16.1 Å². The molecule has 1 fully saturated rings. The van der Waals surface area contributed by atoms with E-state index >= 15 is 0 Å². The van der Waals surface area contributed by atoms with Gasteiger partial charge in [-0.2, -0.15) is 0 Å². The molecular formula is C14H15ClN2O4. The SMILES string of the molecule is CC1(C)OC[C@H](c2nnc(-c3ccc(CO)c(Cl)c3)o2)O1. The summed E-state index contributed by atoms with van der Waals surface area (Å²) in [5.41, 5.74) is 1.34. The van der Waals surface area contributed by atoms with Crippen LogP contribution in [0.3, 0.4) is 0 Å². The first-order valence-corrected chi connectivity index (χ1v) is 6.91. The predicted octanol–water partition coefficient (Wildman–Crippen LogP) is 2.71. The number of halogens is 1. The molecule has 0 bridgehead atoms. The third-order valence-electron chi connectivity index (χ3n) is 3.19. The molecule has 0 unspecified atom stereocenters. The summed E-state index contributed by atoms with van der Waals surface area (Å²) < 4.78 is 16.8. The lowest BCUT2D eigenvalue weighted by atomic mass is 10.1. The number of hydrogen-bond acceptors (Lipinski definition) is 6. The highest BCUT2D eigenvalue weighted by Gasteiger charge is 2.36. The van der Waals surface area contributed by atoms with Crippen molar-refractivity contribution in [2.75, 3.05) is 6.61 Å². The summed E-state index contributed by atoms with van der Waals surface area (Å²) >= 11 is 6.06. The van der Waals surface area contributed by atoms with Crippen molar-refractivity contribution in [3.8, 4) is 11.5 Å². The molecule has 1 aromatic heterocycles. The third kappa shape index (κ3) is 2.94. The predicted molar refractivity (Wildman–Crippen MR) is 74.5 cm³/mol. The number of hydrogen-bond donors (Lipinski definition) is 1. The number of benzene rings is 1. The Morgan fingerprint density at radius 3 is 2.81 bits per heavy atom. The molecule has 7 heteroatoms. The van der Waals surface area contributed by atoms with Gasteiger partial charge in [-0.3, -0.25) is 0 Å². The largest absolute Gasteiger partial charge is 0.418 e. The van der Waals surface area contributed by atoms with Crippen LogP contribution in [-0.4, -0.2) is 27.7 Å². The minimum absolute atomic E-state index is 0.115. The van der Waals surface area contributed by atoms with E-state index in [2.05, 4.69) is 10.2 Å². The lowest BCUT2D eigenvalue weighted by molar-refractivity contribution is -0.141. The number of ether oxygens (including phenoxy) is 2. The van der Waals surface area contributed by atoms with Gasteiger partial charge in [0.1, 0.15) is 0 Å². The van der Waals surface area contributed by atoms with Gasteiger partial charge in [-0.1, -0.05) is 17.7 Å². The van der Waals surface area contributed by atoms with Crippen molar-refractivity contribution in [2.45, 2.75) is 32.3 Å². The van der Waals surface area contributed by atoms with Crippen molar-refractivity contribution in [3.05, 3.63) is 34.7 Å². The molecule has 0 radical (unpaired) electrons. The topological polar surface area (TPSA) is 77.6 Å². The zero-order chi connectivity index (χ0) is 15.0. The van der Waals surface area contributed by atoms with Gasteiger partial charge < -0.3 is 19.0 Å². The summed E-state index contributed by atoms with van der Waals surface area (Å²) in [6, 6.07) is 5.17. The van der Waals surface area contributed by atoms with E-state index in [1.807, 2.05) is 13.8 Å². The highest BCUT2D eigenvalue weighted by atomic mass is 35.5. The molecule has 0 amide bonds. The number of rotatable bonds is 3. The average molecular weight is 311 g/mol. The molecular weight excluding hydrogens is 296 g/mol. The van der Waals surface area contributed by atoms with Crippen molar-refractivity contribution in [1.29, 1.82) is 0 Å². The van der Waals surface area contributed by atoms with Gasteiger partial charge in [-0.05, 0) is 31.5 Å². The van der Waals surface area contributed by atoms with Crippen LogP contribution in [0, 0.1) is 0 Å². The van der Waals surface area contributed by atoms with Crippen molar-refractivity contribution < 1.29 is 19.0 Å². The number of aliphatic hydroxyl groups is 1. The van der Waals surface area contributed by atoms with E-state index in [0.29, 0.717) is 34.5 Å². The van der Waals surface area contributed by atoms with Crippen LogP contribution in [0.25, 0.3) is 11.5 Å². The van der Waals surface area contributed by atoms with Gasteiger partial charge in [0.25, 0.3) is 0 Å². The molecule has 3 rings (SSSR count). The van der Waals surface area contributed by atoms with Crippen molar-refractivity contribution in [1.82, 2.24) is 10.2 Å². The van der Waals surface area contributed by atoms with Gasteiger partial charge >= 0.3 is 0 Å². The van der Waals surface area contributed by atoms with Crippen LogP contribution in [0.5, 0.6) is 0 Å². The molecule has 0 spiro atoms. The third-order valence-corrected chi connectivity index (χ3v) is 3.55. The Morgan fingerprint density at radius 2 is 2.19 bits per heavy atom. The van der Waals surface area contributed by atoms with Crippen LogP contribution in [0.2, 0.25) is 5.02 Å². The molecule has 0 aliphatic carbocycles. The van der Waals surface area contributed by atoms with Gasteiger partial charge in [0.05, 0.1) is 13.2 Å². The minimum Gasteiger partial charge on any atom is -0.418 e. The molecule has 1 aliphatic heterocycles. The fourth-order valence-corrected chi connectivity index (χ4v) is 2.34. The summed E-state index contributed by atoms with van der Waals surface area (Å²) in [5.74, 6) is 0.0772. The molecule has 1 atom stereocenters. The zero-order valence-electron chi connectivity index (χ0n) is 11.7. The Bertz CT molecular complexity index is 656. The van der Waals surface area contributed by atoms with Gasteiger partial charge in [-0.15, -0.1) is 10.2 Å². The van der Waals surface area contributed by atoms with Crippen molar-refractivity contribution in [2.24, 2.45) is 0 Å². The Morgan fingerprint density at radius 1 is 1.38 bits per heavy atom. The van der Waals surface area contributed by atoms with E-state index in [1.165, 1.54) is 0 Å². The maximum atomic E-state index is 9.11. The van der Waals surface area contributed by atoms with Crippen LogP contribution in [0.15, 0.2) is 22.6 Å². The molecule has 0 saturated carbocycles. The molecule has 2 aromatic rings. The Balaban J connectivity index is 1.83. The fourth-order valence-electron chi connectivity index (χ4n) is 2.10. The Kier molecular flexibility index (Phi) is 3.71. The second-order valence-electron chi connectivity index (χ2n) is 5.23. The van der Waals surface area contributed by atoms with Crippen molar-refractivity contribution >= 4 is 11.6 Å². The van der Waals surface area contributed by atoms with E-state index in [4.69, 9.17) is 30.6 Å². The van der Waals surface area contributed by atoms with E-state index in [0.717, 1.165) is 0 Å². The fraction of sp³-hybridized carbons (Fsp3) is 0.429. The second-order valence-corrected chi connectivity index (χ2v) is 5.63. The van der Waals surface area contributed by atoms with E-state index in [1.54, 1.807) is 18.2 Å². The monoisotopic (exact) mass is 310 g/mol. The maximum absolute atomic E-state index is 9.11. The molecule has 2 heterocycles. The maximum Gasteiger partial charge on any atom is 0.248 e. The summed E-state index contributed by atoms with van der Waals surface area (Å²) in [6.07, 6.45) is -0.367. The summed E-state index contributed by atoms with van der Waals surface area (Å²) in [7, 11) is 0. The number of aromatic nitrogens is 2. The zero-order valence-corrected chi connectivity index (χ0v) is 12.4. The summed E-state index contributed by atoms with van der Waals surface area (Å²) in [4.78, 5) is 0. The quantitative estimate of drug-likeness (QED) is 0.939. The Labute approximate surface area is 126 Å². The van der Waals surface area contributed by atoms with Crippen LogP contribution >= 0.6 is 11.6 Å². The molecule has 112 valence electrons. The minimum atomic E-state index is -0.647. The first kappa shape index (κ1) is 14.5. The van der Waals surface area contributed by atoms with Crippen LogP contribution in [0.1, 0.15) is 31.4 Å². The van der Waals surface area contributed by atoms with Gasteiger partial charge in [-0.25, -0.2) is 0 Å². The first-order chi connectivity index (χ1) is 9.98. The lowest BCUT2D eigenvalue weighted by Crippen LogP contribution is -2.19. The van der Waals surface area contributed by atoms with Gasteiger partial charge in [0.2, 0.25) is 11.8 Å². The molecule has 1 aliphatic rings. The average Bonchev–Trinajstić information content (AvgIpc) is 3.05. The highest BCUT2D eigenvalue weighted by molar-refractivity contribution is 6.31. The molecule has 21 heavy (non-hydrogen) atoms. The molecule has 1 saturated heterocycles. The standard InChI is InChI=1S/C14H15ClN2O4/c1-14(2)19-7-11(21-14)13-17-16-12(20-13)8-3-4-9(6-18)10(15)5-8/h3-5,11,18H,6-7H2,1-2H3/t11-/m1/s1. The van der Waals surface area contributed by atoms with Crippen LogP contribution < -0.4 is 0 Å². The second kappa shape index (κ2) is 5.38. The Hall–Kier alpha value is -1.47. The summed E-state index contributed by atoms with van der Waals surface area (Å²) in [5, 5.41) is 17.6. The van der Waals surface area contributed by atoms with E-state index in [9.17, 15) is 0 Å². The smallest absolute Gasteiger partial charge is 0.248 e. The normalized spacial score (nSPS) is 20.9. The molecule has 1 N–H and O–H groups in total. The van der Waals surface area contributed by atoms with E-state index in [-0.39, 0.29) is 12.7 Å². The lowest BCUT2D eigenvalue weighted by Gasteiger charge is -2.15. The number of aliphatic hydroxyl groups excluding tert-OH is 1. The highest BCUT2D eigenvalue weighted by Crippen LogP contribution is 2.33. The molecule has 6 nitrogen and oxygen atoms in total.